The molecule has 5 aliphatic heterocycles. The van der Waals surface area contributed by atoms with Gasteiger partial charge in [0.1, 0.15) is 28.9 Å². The molecule has 12 rings (SSSR count). The first kappa shape index (κ1) is 46.9. The van der Waals surface area contributed by atoms with Crippen LogP contribution >= 0.6 is 0 Å². The third-order valence-corrected chi connectivity index (χ3v) is 17.3. The van der Waals surface area contributed by atoms with Gasteiger partial charge in [-0.3, -0.25) is 9.59 Å². The maximum absolute atomic E-state index is 13.3. The van der Waals surface area contributed by atoms with Crippen LogP contribution in [0.4, 0.5) is 5.69 Å². The van der Waals surface area contributed by atoms with Gasteiger partial charge in [0, 0.05) is 62.3 Å². The number of sulfonamides is 2. The SMILES string of the molecule is Cc1noc(C)c1-c1ccc2c(c1)nc([C@@H]1CCC(=O)N1)n2[C@@H]1CCN(S(C)(=O)=O)C1.Cc1noc(C)c1-c1ccc2c(c1)nc([C@@H]1CCC(=O)N1c1ccc3c(c1)CCO3)n2[C@@H]1CCN(S(C)(=O)=O)C1. The summed E-state index contributed by atoms with van der Waals surface area (Å²) in [6.45, 7) is 9.98. The van der Waals surface area contributed by atoms with Crippen molar-refractivity contribution in [3.05, 3.63) is 94.7 Å². The summed E-state index contributed by atoms with van der Waals surface area (Å²) in [6, 6.07) is 17.6. The Balaban J connectivity index is 0.000000159. The molecule has 3 aromatic carbocycles. The van der Waals surface area contributed by atoms with E-state index in [1.807, 2.05) is 81.1 Å². The number of hydrogen-bond acceptors (Lipinski definition) is 13. The molecule has 0 bridgehead atoms. The Hall–Kier alpha value is -6.42. The minimum atomic E-state index is -3.32. The van der Waals surface area contributed by atoms with Gasteiger partial charge in [0.15, 0.2) is 0 Å². The number of imidazole rings is 2. The van der Waals surface area contributed by atoms with Gasteiger partial charge in [0.05, 0.1) is 76.7 Å². The maximum atomic E-state index is 13.3. The van der Waals surface area contributed by atoms with Crippen molar-refractivity contribution in [3.8, 4) is 28.0 Å². The minimum Gasteiger partial charge on any atom is -0.493 e. The molecular formula is C50H56N10O9S2. The van der Waals surface area contributed by atoms with E-state index >= 15 is 0 Å². The average Bonchev–Trinajstić information content (AvgIpc) is 4.17. The van der Waals surface area contributed by atoms with Crippen molar-refractivity contribution in [2.75, 3.05) is 50.2 Å². The summed E-state index contributed by atoms with van der Waals surface area (Å²) in [5, 5.41) is 11.2. The van der Waals surface area contributed by atoms with Crippen LogP contribution in [-0.2, 0) is 36.1 Å². The molecule has 4 atom stereocenters. The largest absolute Gasteiger partial charge is 0.493 e. The number of nitrogens with one attached hydrogen (secondary N) is 1. The average molecular weight is 1010 g/mol. The molecule has 4 saturated heterocycles. The second-order valence-electron chi connectivity index (χ2n) is 19.5. The maximum Gasteiger partial charge on any atom is 0.227 e. The fraction of sp³-hybridized carbons (Fsp3) is 0.440. The molecule has 0 spiro atoms. The summed E-state index contributed by atoms with van der Waals surface area (Å²) >= 11 is 0. The molecule has 21 heteroatoms. The second-order valence-corrected chi connectivity index (χ2v) is 23.4. The van der Waals surface area contributed by atoms with E-state index in [1.54, 1.807) is 0 Å². The number of fused-ring (bicyclic) bond motifs is 3. The molecule has 1 N–H and O–H groups in total. The number of aromatic nitrogens is 6. The molecule has 0 aliphatic carbocycles. The van der Waals surface area contributed by atoms with Gasteiger partial charge < -0.3 is 33.1 Å². The van der Waals surface area contributed by atoms with Gasteiger partial charge in [0.25, 0.3) is 0 Å². The first-order valence-electron chi connectivity index (χ1n) is 24.1. The predicted molar refractivity (Wildman–Crippen MR) is 265 cm³/mol. The Labute approximate surface area is 411 Å². The van der Waals surface area contributed by atoms with Gasteiger partial charge in [-0.15, -0.1) is 0 Å². The normalized spacial score (nSPS) is 21.9. The van der Waals surface area contributed by atoms with E-state index in [0.717, 1.165) is 102 Å². The molecule has 372 valence electrons. The van der Waals surface area contributed by atoms with Crippen molar-refractivity contribution in [1.29, 1.82) is 0 Å². The first-order valence-corrected chi connectivity index (χ1v) is 27.8. The number of carbonyl (C=O) groups excluding carboxylic acids is 2. The van der Waals surface area contributed by atoms with Crippen molar-refractivity contribution < 1.29 is 40.2 Å². The predicted octanol–water partition coefficient (Wildman–Crippen LogP) is 6.78. The number of nitrogens with zero attached hydrogens (tertiary/aromatic N) is 9. The number of hydrogen-bond donors (Lipinski definition) is 1. The van der Waals surface area contributed by atoms with Gasteiger partial charge in [-0.05, 0) is 113 Å². The van der Waals surface area contributed by atoms with Crippen LogP contribution < -0.4 is 15.0 Å². The smallest absolute Gasteiger partial charge is 0.227 e. The lowest BCUT2D eigenvalue weighted by molar-refractivity contribution is -0.119. The van der Waals surface area contributed by atoms with Crippen LogP contribution in [0.5, 0.6) is 5.75 Å². The quantitative estimate of drug-likeness (QED) is 0.158. The molecular weight excluding hydrogens is 949 g/mol. The fourth-order valence-corrected chi connectivity index (χ4v) is 13.2. The Bertz CT molecular complexity index is 3480. The standard InChI is InChI=1S/C29H31N5O5S.C21H25N5O4S/c1-17-28(18(2)39-31-17)20-4-6-24-23(15-20)30-29(34(24)22-10-12-32(16-22)40(3,36)37)25-7-9-27(35)33(25)21-5-8-26-19(14-21)11-13-38-26;1-12-20(13(2)30-24-12)14-4-6-18-17(10-14)23-21(16-5-7-19(27)22-16)26(18)15-8-9-25(11-15)31(3,28)29/h4-6,8,14-15,22,25H,7,9-13,16H2,1-3H3;4,6,10,15-16H,5,7-9,11H2,1-3H3,(H,22,27)/t22-,25+;15-,16+/m11/s1. The number of amides is 2. The first-order chi connectivity index (χ1) is 33.9. The number of benzene rings is 3. The molecule has 19 nitrogen and oxygen atoms in total. The van der Waals surface area contributed by atoms with Crippen LogP contribution in [0, 0.1) is 27.7 Å². The number of ether oxygens (including phenoxy) is 1. The van der Waals surface area contributed by atoms with E-state index in [2.05, 4.69) is 30.8 Å². The lowest BCUT2D eigenvalue weighted by Gasteiger charge is -2.27. The molecule has 4 aromatic heterocycles. The summed E-state index contributed by atoms with van der Waals surface area (Å²) in [6.07, 6.45) is 6.91. The van der Waals surface area contributed by atoms with E-state index in [0.29, 0.717) is 71.3 Å². The van der Waals surface area contributed by atoms with Crippen LogP contribution in [-0.4, -0.2) is 112 Å². The highest BCUT2D eigenvalue weighted by atomic mass is 32.2. The van der Waals surface area contributed by atoms with Crippen molar-refractivity contribution in [3.63, 3.8) is 0 Å². The van der Waals surface area contributed by atoms with E-state index in [-0.39, 0.29) is 36.0 Å². The van der Waals surface area contributed by atoms with Crippen molar-refractivity contribution in [2.45, 2.75) is 96.8 Å². The Morgan fingerprint density at radius 1 is 0.648 bits per heavy atom. The summed E-state index contributed by atoms with van der Waals surface area (Å²) in [4.78, 5) is 37.2. The van der Waals surface area contributed by atoms with Gasteiger partial charge >= 0.3 is 0 Å². The van der Waals surface area contributed by atoms with Crippen LogP contribution in [0.3, 0.4) is 0 Å². The highest BCUT2D eigenvalue weighted by Gasteiger charge is 2.41. The molecule has 0 saturated carbocycles. The molecule has 4 fully saturated rings. The van der Waals surface area contributed by atoms with Crippen LogP contribution in [0.1, 0.15) is 103 Å². The van der Waals surface area contributed by atoms with E-state index < -0.39 is 20.0 Å². The van der Waals surface area contributed by atoms with Gasteiger partial charge in [-0.2, -0.15) is 0 Å². The third-order valence-electron chi connectivity index (χ3n) is 14.8. The van der Waals surface area contributed by atoms with Crippen molar-refractivity contribution in [2.24, 2.45) is 0 Å². The van der Waals surface area contributed by atoms with Crippen LogP contribution in [0.15, 0.2) is 63.6 Å². The Kier molecular flexibility index (Phi) is 11.7. The molecule has 5 aliphatic rings. The summed E-state index contributed by atoms with van der Waals surface area (Å²) in [7, 11) is -6.57. The monoisotopic (exact) mass is 1000 g/mol. The molecule has 0 radical (unpaired) electrons. The number of rotatable bonds is 9. The Morgan fingerprint density at radius 2 is 1.21 bits per heavy atom. The van der Waals surface area contributed by atoms with E-state index in [9.17, 15) is 26.4 Å². The minimum absolute atomic E-state index is 0.0178. The Morgan fingerprint density at radius 3 is 1.72 bits per heavy atom. The number of aryl methyl sites for hydroxylation is 4. The summed E-state index contributed by atoms with van der Waals surface area (Å²) in [5.41, 5.74) is 10.9. The molecule has 9 heterocycles. The number of carbonyl (C=O) groups is 2. The summed E-state index contributed by atoms with van der Waals surface area (Å²) < 4.78 is 72.7. The third kappa shape index (κ3) is 8.48. The second kappa shape index (κ2) is 17.7. The summed E-state index contributed by atoms with van der Waals surface area (Å²) in [5.74, 6) is 4.01. The number of anilines is 1. The highest BCUT2D eigenvalue weighted by molar-refractivity contribution is 7.88. The topological polar surface area (TPSA) is 221 Å². The zero-order valence-electron chi connectivity index (χ0n) is 40.5. The van der Waals surface area contributed by atoms with Crippen LogP contribution in [0.25, 0.3) is 44.3 Å². The van der Waals surface area contributed by atoms with Crippen LogP contribution in [0.2, 0.25) is 0 Å². The lowest BCUT2D eigenvalue weighted by atomic mass is 10.0. The van der Waals surface area contributed by atoms with Gasteiger partial charge in [0.2, 0.25) is 31.9 Å². The molecule has 7 aromatic rings. The van der Waals surface area contributed by atoms with Gasteiger partial charge in [-0.25, -0.2) is 35.4 Å². The van der Waals surface area contributed by atoms with Gasteiger partial charge in [-0.1, -0.05) is 22.4 Å². The van der Waals surface area contributed by atoms with E-state index in [1.165, 1.54) is 21.1 Å². The molecule has 0 unspecified atom stereocenters. The zero-order valence-corrected chi connectivity index (χ0v) is 42.1. The molecule has 71 heavy (non-hydrogen) atoms. The van der Waals surface area contributed by atoms with Crippen molar-refractivity contribution in [1.82, 2.24) is 43.3 Å². The highest BCUT2D eigenvalue weighted by Crippen LogP contribution is 2.43. The zero-order chi connectivity index (χ0) is 49.7. The van der Waals surface area contributed by atoms with Crippen molar-refractivity contribution >= 4 is 59.6 Å². The lowest BCUT2D eigenvalue weighted by Crippen LogP contribution is -2.31. The molecule has 2 amide bonds. The fourth-order valence-electron chi connectivity index (χ4n) is 11.4. The van der Waals surface area contributed by atoms with E-state index in [4.69, 9.17) is 23.8 Å².